The molecule has 0 aliphatic heterocycles. The van der Waals surface area contributed by atoms with Gasteiger partial charge in [-0.05, 0) is 48.8 Å². The zero-order chi connectivity index (χ0) is 16.8. The molecule has 23 heavy (non-hydrogen) atoms. The number of methoxy groups -OCH3 is 1. The van der Waals surface area contributed by atoms with Crippen molar-refractivity contribution in [3.63, 3.8) is 0 Å². The second kappa shape index (κ2) is 7.99. The third-order valence-electron chi connectivity index (χ3n) is 4.79. The summed E-state index contributed by atoms with van der Waals surface area (Å²) in [5.74, 6) is -0.163. The highest BCUT2D eigenvalue weighted by Crippen LogP contribution is 2.36. The summed E-state index contributed by atoms with van der Waals surface area (Å²) in [5, 5.41) is 12.3. The van der Waals surface area contributed by atoms with E-state index in [1.54, 1.807) is 0 Å². The quantitative estimate of drug-likeness (QED) is 0.755. The number of hydrogen-bond acceptors (Lipinski definition) is 4. The zero-order valence-electron chi connectivity index (χ0n) is 13.7. The van der Waals surface area contributed by atoms with E-state index in [2.05, 4.69) is 12.2 Å². The number of carboxylic acids is 1. The van der Waals surface area contributed by atoms with E-state index in [-0.39, 0.29) is 12.4 Å². The van der Waals surface area contributed by atoms with Gasteiger partial charge in [-0.15, -0.1) is 0 Å². The van der Waals surface area contributed by atoms with Crippen molar-refractivity contribution < 1.29 is 19.4 Å². The van der Waals surface area contributed by atoms with Crippen molar-refractivity contribution in [1.29, 1.82) is 0 Å². The predicted molar refractivity (Wildman–Crippen MR) is 88.3 cm³/mol. The van der Waals surface area contributed by atoms with Crippen LogP contribution in [0.15, 0.2) is 24.3 Å². The SMILES string of the molecule is COC(=O)CC1CCC(Nc2cccc(CCC(=O)O)c2)C1C. The Morgan fingerprint density at radius 3 is 2.83 bits per heavy atom. The highest BCUT2D eigenvalue weighted by atomic mass is 16.5. The smallest absolute Gasteiger partial charge is 0.305 e. The van der Waals surface area contributed by atoms with Gasteiger partial charge in [0.15, 0.2) is 0 Å². The van der Waals surface area contributed by atoms with Crippen LogP contribution in [-0.4, -0.2) is 30.2 Å². The molecule has 1 fully saturated rings. The Bertz CT molecular complexity index is 558. The van der Waals surface area contributed by atoms with Gasteiger partial charge in [0.2, 0.25) is 0 Å². The summed E-state index contributed by atoms with van der Waals surface area (Å²) in [6.07, 6.45) is 3.21. The monoisotopic (exact) mass is 319 g/mol. The summed E-state index contributed by atoms with van der Waals surface area (Å²) in [7, 11) is 1.43. The minimum Gasteiger partial charge on any atom is -0.481 e. The summed E-state index contributed by atoms with van der Waals surface area (Å²) in [5.41, 5.74) is 2.04. The van der Waals surface area contributed by atoms with Crippen LogP contribution in [0.4, 0.5) is 5.69 Å². The molecule has 1 aliphatic rings. The highest BCUT2D eigenvalue weighted by molar-refractivity contribution is 5.69. The number of ether oxygens (including phenoxy) is 1. The molecule has 0 heterocycles. The first kappa shape index (κ1) is 17.3. The molecule has 0 radical (unpaired) electrons. The lowest BCUT2D eigenvalue weighted by Crippen LogP contribution is -2.25. The van der Waals surface area contributed by atoms with Crippen LogP contribution in [0.2, 0.25) is 0 Å². The lowest BCUT2D eigenvalue weighted by atomic mass is 9.92. The molecule has 2 rings (SSSR count). The molecule has 0 bridgehead atoms. The van der Waals surface area contributed by atoms with Crippen LogP contribution in [0.1, 0.15) is 38.2 Å². The lowest BCUT2D eigenvalue weighted by molar-refractivity contribution is -0.142. The van der Waals surface area contributed by atoms with Crippen LogP contribution in [0.25, 0.3) is 0 Å². The molecule has 1 aliphatic carbocycles. The third-order valence-corrected chi connectivity index (χ3v) is 4.79. The minimum absolute atomic E-state index is 0.141. The van der Waals surface area contributed by atoms with Gasteiger partial charge in [-0.3, -0.25) is 9.59 Å². The minimum atomic E-state index is -0.779. The average molecular weight is 319 g/mol. The topological polar surface area (TPSA) is 75.6 Å². The fourth-order valence-corrected chi connectivity index (χ4v) is 3.32. The van der Waals surface area contributed by atoms with E-state index < -0.39 is 5.97 Å². The van der Waals surface area contributed by atoms with Crippen LogP contribution >= 0.6 is 0 Å². The number of carboxylic acid groups (broad SMARTS) is 1. The van der Waals surface area contributed by atoms with Crippen molar-refractivity contribution in [2.75, 3.05) is 12.4 Å². The van der Waals surface area contributed by atoms with E-state index >= 15 is 0 Å². The maximum Gasteiger partial charge on any atom is 0.305 e. The Balaban J connectivity index is 1.93. The molecule has 5 nitrogen and oxygen atoms in total. The molecular formula is C18H25NO4. The maximum absolute atomic E-state index is 11.5. The summed E-state index contributed by atoms with van der Waals surface area (Å²) in [4.78, 5) is 22.1. The van der Waals surface area contributed by atoms with Crippen molar-refractivity contribution in [2.45, 2.75) is 45.1 Å². The Morgan fingerprint density at radius 2 is 2.13 bits per heavy atom. The average Bonchev–Trinajstić information content (AvgIpc) is 2.86. The van der Waals surface area contributed by atoms with E-state index in [0.29, 0.717) is 30.7 Å². The number of benzene rings is 1. The molecular weight excluding hydrogens is 294 g/mol. The van der Waals surface area contributed by atoms with Crippen molar-refractivity contribution in [2.24, 2.45) is 11.8 Å². The van der Waals surface area contributed by atoms with Crippen LogP contribution < -0.4 is 5.32 Å². The number of aryl methyl sites for hydroxylation is 1. The van der Waals surface area contributed by atoms with Gasteiger partial charge in [0, 0.05) is 24.6 Å². The first-order valence-electron chi connectivity index (χ1n) is 8.13. The molecule has 0 saturated heterocycles. The van der Waals surface area contributed by atoms with Gasteiger partial charge in [-0.25, -0.2) is 0 Å². The Kier molecular flexibility index (Phi) is 6.02. The van der Waals surface area contributed by atoms with Gasteiger partial charge in [0.25, 0.3) is 0 Å². The Labute approximate surface area is 137 Å². The summed E-state index contributed by atoms with van der Waals surface area (Å²) in [6, 6.07) is 8.25. The number of rotatable bonds is 7. The maximum atomic E-state index is 11.5. The second-order valence-corrected chi connectivity index (χ2v) is 6.32. The number of anilines is 1. The number of carbonyl (C=O) groups is 2. The zero-order valence-corrected chi connectivity index (χ0v) is 13.7. The van der Waals surface area contributed by atoms with Gasteiger partial charge in [-0.2, -0.15) is 0 Å². The first-order chi connectivity index (χ1) is 11.0. The molecule has 5 heteroatoms. The number of nitrogens with one attached hydrogen (secondary N) is 1. The molecule has 0 spiro atoms. The molecule has 1 aromatic rings. The van der Waals surface area contributed by atoms with Crippen LogP contribution in [-0.2, 0) is 20.7 Å². The van der Waals surface area contributed by atoms with Crippen molar-refractivity contribution in [3.05, 3.63) is 29.8 Å². The largest absolute Gasteiger partial charge is 0.481 e. The van der Waals surface area contributed by atoms with Gasteiger partial charge in [0.05, 0.1) is 7.11 Å². The molecule has 1 aromatic carbocycles. The van der Waals surface area contributed by atoms with Crippen molar-refractivity contribution in [3.8, 4) is 0 Å². The van der Waals surface area contributed by atoms with Gasteiger partial charge < -0.3 is 15.2 Å². The van der Waals surface area contributed by atoms with Gasteiger partial charge in [-0.1, -0.05) is 19.1 Å². The van der Waals surface area contributed by atoms with E-state index in [1.807, 2.05) is 24.3 Å². The molecule has 3 atom stereocenters. The normalized spacial score (nSPS) is 23.5. The molecule has 3 unspecified atom stereocenters. The second-order valence-electron chi connectivity index (χ2n) is 6.32. The Morgan fingerprint density at radius 1 is 1.35 bits per heavy atom. The molecule has 0 amide bonds. The first-order valence-corrected chi connectivity index (χ1v) is 8.13. The number of aliphatic carboxylic acids is 1. The van der Waals surface area contributed by atoms with Crippen LogP contribution in [0, 0.1) is 11.8 Å². The Hall–Kier alpha value is -2.04. The van der Waals surface area contributed by atoms with Crippen molar-refractivity contribution in [1.82, 2.24) is 0 Å². The van der Waals surface area contributed by atoms with Crippen LogP contribution in [0.5, 0.6) is 0 Å². The number of hydrogen-bond donors (Lipinski definition) is 2. The lowest BCUT2D eigenvalue weighted by Gasteiger charge is -2.22. The summed E-state index contributed by atoms with van der Waals surface area (Å²) >= 11 is 0. The van der Waals surface area contributed by atoms with Gasteiger partial charge in [0.1, 0.15) is 0 Å². The molecule has 0 aromatic heterocycles. The fourth-order valence-electron chi connectivity index (χ4n) is 3.32. The number of carbonyl (C=O) groups excluding carboxylic acids is 1. The number of esters is 1. The molecule has 1 saturated carbocycles. The van der Waals surface area contributed by atoms with Gasteiger partial charge >= 0.3 is 11.9 Å². The van der Waals surface area contributed by atoms with E-state index in [9.17, 15) is 9.59 Å². The van der Waals surface area contributed by atoms with E-state index in [4.69, 9.17) is 9.84 Å². The van der Waals surface area contributed by atoms with Crippen LogP contribution in [0.3, 0.4) is 0 Å². The standard InChI is InChI=1S/C18H25NO4/c1-12-14(11-18(22)23-2)7-8-16(12)19-15-5-3-4-13(10-15)6-9-17(20)21/h3-5,10,12,14,16,19H,6-9,11H2,1-2H3,(H,20,21). The summed E-state index contributed by atoms with van der Waals surface area (Å²) in [6.45, 7) is 2.17. The third kappa shape index (κ3) is 4.98. The van der Waals surface area contributed by atoms with E-state index in [0.717, 1.165) is 24.1 Å². The van der Waals surface area contributed by atoms with Crippen molar-refractivity contribution >= 4 is 17.6 Å². The molecule has 2 N–H and O–H groups in total. The van der Waals surface area contributed by atoms with E-state index in [1.165, 1.54) is 7.11 Å². The highest BCUT2D eigenvalue weighted by Gasteiger charge is 2.34. The summed E-state index contributed by atoms with van der Waals surface area (Å²) < 4.78 is 4.77. The fraction of sp³-hybridized carbons (Fsp3) is 0.556. The molecule has 126 valence electrons. The predicted octanol–water partition coefficient (Wildman–Crippen LogP) is 3.09.